The fraction of sp³-hybridized carbons (Fsp3) is 0.400. The molecule has 0 unspecified atom stereocenters. The van der Waals surface area contributed by atoms with Crippen molar-refractivity contribution in [2.45, 2.75) is 57.8 Å². The molecular weight excluding hydrogens is 1280 g/mol. The van der Waals surface area contributed by atoms with E-state index in [1.807, 2.05) is 0 Å². The van der Waals surface area contributed by atoms with Crippen molar-refractivity contribution < 1.29 is 52.7 Å². The summed E-state index contributed by atoms with van der Waals surface area (Å²) in [5.41, 5.74) is 1.57. The van der Waals surface area contributed by atoms with Crippen LogP contribution in [0.4, 0.5) is 34.5 Å². The van der Waals surface area contributed by atoms with Gasteiger partial charge >= 0.3 is 0 Å². The summed E-state index contributed by atoms with van der Waals surface area (Å²) in [6.07, 6.45) is 15.8. The second-order valence-electron chi connectivity index (χ2n) is 23.8. The van der Waals surface area contributed by atoms with E-state index < -0.39 is 59.1 Å². The Bertz CT molecular complexity index is 4340. The smallest absolute Gasteiger partial charge is 0.291 e. The molecule has 34 nitrogen and oxygen atoms in total. The van der Waals surface area contributed by atoms with Crippen molar-refractivity contribution in [3.63, 3.8) is 0 Å². The van der Waals surface area contributed by atoms with Crippen molar-refractivity contribution >= 4 is 99.5 Å². The van der Waals surface area contributed by atoms with Crippen molar-refractivity contribution in [1.29, 1.82) is 0 Å². The monoisotopic (exact) mass is 1360 g/mol. The van der Waals surface area contributed by atoms with Gasteiger partial charge in [0.05, 0.1) is 17.1 Å². The van der Waals surface area contributed by atoms with Crippen molar-refractivity contribution in [2.75, 3.05) is 84.3 Å². The van der Waals surface area contributed by atoms with Crippen LogP contribution in [0.1, 0.15) is 132 Å². The Hall–Kier alpha value is -12.1. The molecule has 99 heavy (non-hydrogen) atoms. The van der Waals surface area contributed by atoms with Crippen LogP contribution in [-0.2, 0) is 68.5 Å². The molecule has 2 saturated heterocycles. The summed E-state index contributed by atoms with van der Waals surface area (Å²) in [6.45, 7) is 3.24. The molecule has 2 aliphatic rings. The Morgan fingerprint density at radius 3 is 1.34 bits per heavy atom. The van der Waals surface area contributed by atoms with Gasteiger partial charge in [-0.2, -0.15) is 0 Å². The van der Waals surface area contributed by atoms with E-state index in [0.29, 0.717) is 30.4 Å². The maximum absolute atomic E-state index is 13.3. The molecule has 2 fully saturated rings. The maximum atomic E-state index is 13.3. The molecule has 7 aromatic rings. The van der Waals surface area contributed by atoms with Crippen molar-refractivity contribution in [1.82, 2.24) is 83.4 Å². The van der Waals surface area contributed by atoms with Gasteiger partial charge in [0.2, 0.25) is 41.1 Å². The highest BCUT2D eigenvalue weighted by Gasteiger charge is 2.25. The number of nitrogens with one attached hydrogen (secondary N) is 11. The van der Waals surface area contributed by atoms with E-state index in [1.165, 1.54) is 82.8 Å². The van der Waals surface area contributed by atoms with Crippen molar-refractivity contribution in [3.8, 4) is 23.7 Å². The molecule has 0 radical (unpaired) electrons. The zero-order valence-corrected chi connectivity index (χ0v) is 55.9. The summed E-state index contributed by atoms with van der Waals surface area (Å²) < 4.78 is 10.4. The molecule has 0 bridgehead atoms. The molecule has 9 heterocycles. The number of aromatic nitrogens is 11. The minimum atomic E-state index is -0.633. The second kappa shape index (κ2) is 33.1. The van der Waals surface area contributed by atoms with E-state index in [4.69, 9.17) is 0 Å². The van der Waals surface area contributed by atoms with Gasteiger partial charge in [0.1, 0.15) is 17.1 Å². The third-order valence-corrected chi connectivity index (χ3v) is 16.1. The van der Waals surface area contributed by atoms with Crippen LogP contribution in [0.3, 0.4) is 0 Å². The average molecular weight is 1360 g/mol. The van der Waals surface area contributed by atoms with Gasteiger partial charge in [-0.05, 0) is 75.2 Å². The molecule has 11 amide bonds. The minimum absolute atomic E-state index is 0.0177. The van der Waals surface area contributed by atoms with Gasteiger partial charge in [0.15, 0.2) is 23.3 Å². The Balaban J connectivity index is 0.625. The third-order valence-electron chi connectivity index (χ3n) is 16.1. The van der Waals surface area contributed by atoms with E-state index in [9.17, 15) is 52.7 Å². The van der Waals surface area contributed by atoms with Crippen LogP contribution < -0.4 is 58.5 Å². The second-order valence-corrected chi connectivity index (χ2v) is 23.8. The van der Waals surface area contributed by atoms with E-state index in [0.717, 1.165) is 38.8 Å². The topological polar surface area (TPSA) is 409 Å². The molecule has 520 valence electrons. The Morgan fingerprint density at radius 2 is 0.838 bits per heavy atom. The highest BCUT2D eigenvalue weighted by Crippen LogP contribution is 2.21. The first-order valence-corrected chi connectivity index (χ1v) is 32.0. The maximum Gasteiger partial charge on any atom is 0.291 e. The number of rotatable bonds is 26. The molecule has 34 heteroatoms. The Labute approximate surface area is 568 Å². The van der Waals surface area contributed by atoms with Gasteiger partial charge in [0.25, 0.3) is 41.4 Å². The molecule has 11 N–H and O–H groups in total. The van der Waals surface area contributed by atoms with E-state index in [-0.39, 0.29) is 134 Å². The zero-order chi connectivity index (χ0) is 70.9. The predicted molar refractivity (Wildman–Crippen MR) is 362 cm³/mol. The number of carbonyl (C=O) groups is 11. The normalized spacial score (nSPS) is 13.0. The lowest BCUT2D eigenvalue weighted by atomic mass is 9.97. The highest BCUT2D eigenvalue weighted by atomic mass is 16.2. The van der Waals surface area contributed by atoms with Gasteiger partial charge in [-0.25, -0.2) is 19.9 Å². The lowest BCUT2D eigenvalue weighted by Crippen LogP contribution is -2.40. The summed E-state index contributed by atoms with van der Waals surface area (Å²) in [4.78, 5) is 162. The van der Waals surface area contributed by atoms with E-state index in [2.05, 4.69) is 102 Å². The number of likely N-dealkylation sites (tertiary alicyclic amines) is 1. The molecule has 9 rings (SSSR count). The van der Waals surface area contributed by atoms with Crippen molar-refractivity contribution in [2.24, 2.45) is 61.2 Å². The van der Waals surface area contributed by atoms with Crippen LogP contribution in [0.15, 0.2) is 67.8 Å². The van der Waals surface area contributed by atoms with E-state index in [1.54, 1.807) is 71.2 Å². The standard InChI is InChI=1S/C65H79N23O11/c1-81-30-27-67-55(81)64(98)73-43-32-46(83(3)35-43)60(94)69-24-17-53(91)76-49-38-87(7)58(78-49)65(99)74-44-33-45(82(2)36-44)59(93)68-21-10-13-51(89)75-48-37-85(5)56(77-48)62(96)70-25-16-52(90)72-42-31-47(84(4)34-42)61(95)80-50-39-86(6)57(79-50)63(97)71-26-18-54(92)88-28-19-41(20-29-88)12-9-8-11-40-14-22-66-23-15-40/h27,30-41,66H,10,13-26,28-29H2,1-7H3,(H,68,93)(H,69,94)(H,70,96)(H,71,97)(H,72,90)(H,73,98)(H,74,99)(H,75,89)(H,76,91)(H,80,95). The van der Waals surface area contributed by atoms with Crippen LogP contribution in [0.5, 0.6) is 0 Å². The fourth-order valence-corrected chi connectivity index (χ4v) is 10.9. The summed E-state index contributed by atoms with van der Waals surface area (Å²) in [7, 11) is 11.3. The van der Waals surface area contributed by atoms with Gasteiger partial charge in [-0.15, -0.1) is 0 Å². The zero-order valence-electron chi connectivity index (χ0n) is 55.9. The number of hydrogen-bond acceptors (Lipinski definition) is 16. The van der Waals surface area contributed by atoms with Crippen LogP contribution in [0.2, 0.25) is 0 Å². The van der Waals surface area contributed by atoms with Crippen LogP contribution in [-0.4, -0.2) is 174 Å². The average Bonchev–Trinajstić information content (AvgIpc) is 1.71. The molecule has 0 aromatic carbocycles. The third kappa shape index (κ3) is 19.6. The molecular formula is C65H79N23O11. The Kier molecular flexibility index (Phi) is 23.8. The van der Waals surface area contributed by atoms with Gasteiger partial charge in [-0.3, -0.25) is 52.7 Å². The SMILES string of the molecule is Cn1cc(NC(=O)c2nc(NC(=O)CCNC(=O)c3cc(NC(=O)c4nccn4C)cn3C)cn2C)cc1C(=O)NCCCC(=O)Nc1cn(C)c(C(=O)NCCC(=O)Nc2cc(C(=O)Nc3cn(C)c(C(=O)NCCC(=O)N4CCC(C#CC#CC5CCNCC5)CC4)n3)n(C)c2)n1. The van der Waals surface area contributed by atoms with Gasteiger partial charge in [0, 0.05) is 176 Å². The molecule has 0 aliphatic carbocycles. The summed E-state index contributed by atoms with van der Waals surface area (Å²) in [5, 5.41) is 30.2. The number of nitrogens with zero attached hydrogens (tertiary/aromatic N) is 12. The van der Waals surface area contributed by atoms with Crippen molar-refractivity contribution in [3.05, 3.63) is 108 Å². The largest absolute Gasteiger partial charge is 0.351 e. The minimum Gasteiger partial charge on any atom is -0.351 e. The highest BCUT2D eigenvalue weighted by molar-refractivity contribution is 6.06. The van der Waals surface area contributed by atoms with E-state index >= 15 is 0 Å². The first-order valence-electron chi connectivity index (χ1n) is 32.0. The Morgan fingerprint density at radius 1 is 0.424 bits per heavy atom. The quantitative estimate of drug-likeness (QED) is 0.0270. The first-order chi connectivity index (χ1) is 47.4. The van der Waals surface area contributed by atoms with Gasteiger partial charge in [-0.1, -0.05) is 11.8 Å². The molecule has 0 spiro atoms. The van der Waals surface area contributed by atoms with Crippen LogP contribution in [0, 0.1) is 35.5 Å². The lowest BCUT2D eigenvalue weighted by Gasteiger charge is -2.29. The molecule has 0 atom stereocenters. The number of hydrogen-bond donors (Lipinski definition) is 11. The molecule has 7 aromatic heterocycles. The fourth-order valence-electron chi connectivity index (χ4n) is 10.9. The summed E-state index contributed by atoms with van der Waals surface area (Å²) in [5.74, 6) is 8.32. The van der Waals surface area contributed by atoms with Crippen LogP contribution >= 0.6 is 0 Å². The molecule has 0 saturated carbocycles. The van der Waals surface area contributed by atoms with Gasteiger partial charge < -0.3 is 95.4 Å². The number of imidazole rings is 4. The summed E-state index contributed by atoms with van der Waals surface area (Å²) in [6, 6.07) is 4.41. The number of amides is 11. The van der Waals surface area contributed by atoms with Crippen LogP contribution in [0.25, 0.3) is 0 Å². The predicted octanol–water partition coefficient (Wildman–Crippen LogP) is 1.42. The molecule has 2 aliphatic heterocycles. The first kappa shape index (κ1) is 71.2. The lowest BCUT2D eigenvalue weighted by molar-refractivity contribution is -0.132. The number of carbonyl (C=O) groups excluding carboxylic acids is 11. The number of aryl methyl sites for hydroxylation is 7. The number of piperidine rings is 2. The summed E-state index contributed by atoms with van der Waals surface area (Å²) >= 11 is 0. The number of anilines is 6.